The maximum Gasteiger partial charge on any atom is 0.433 e. The molecule has 1 aromatic carbocycles. The van der Waals surface area contributed by atoms with Crippen LogP contribution in [-0.4, -0.2) is 35.1 Å². The number of anilines is 2. The number of benzene rings is 1. The average molecular weight is 427 g/mol. The lowest BCUT2D eigenvalue weighted by molar-refractivity contribution is -0.141. The monoisotopic (exact) mass is 427 g/mol. The molecule has 0 unspecified atom stereocenters. The van der Waals surface area contributed by atoms with Crippen molar-refractivity contribution < 1.29 is 26.4 Å². The van der Waals surface area contributed by atoms with Crippen LogP contribution in [0.25, 0.3) is 22.4 Å². The van der Waals surface area contributed by atoms with Crippen LogP contribution in [0.5, 0.6) is 0 Å². The second kappa shape index (κ2) is 7.03. The second-order valence-corrected chi connectivity index (χ2v) is 8.40. The molecule has 0 aliphatic carbocycles. The first kappa shape index (κ1) is 20.6. The molecule has 0 saturated carbocycles. The molecule has 29 heavy (non-hydrogen) atoms. The van der Waals surface area contributed by atoms with Crippen LogP contribution < -0.4 is 11.1 Å². The van der Waals surface area contributed by atoms with Gasteiger partial charge in [-0.05, 0) is 18.2 Å². The first-order valence-corrected chi connectivity index (χ1v) is 9.91. The summed E-state index contributed by atoms with van der Waals surface area (Å²) in [5, 5.41) is 2.32. The van der Waals surface area contributed by atoms with Crippen LogP contribution in [0.4, 0.5) is 24.5 Å². The zero-order chi connectivity index (χ0) is 21.6. The Kier molecular flexibility index (Phi) is 4.99. The number of nitrogens with one attached hydrogen (secondary N) is 1. The van der Waals surface area contributed by atoms with Gasteiger partial charge in [0.25, 0.3) is 0 Å². The molecule has 2 heterocycles. The molecule has 0 radical (unpaired) electrons. The molecule has 1 amide bonds. The highest BCUT2D eigenvalue weighted by molar-refractivity contribution is 7.91. The molecule has 12 heteroatoms. The number of rotatable bonds is 5. The third-order valence-corrected chi connectivity index (χ3v) is 6.15. The normalized spacial score (nSPS) is 12.3. The third kappa shape index (κ3) is 3.62. The maximum atomic E-state index is 13.0. The van der Waals surface area contributed by atoms with Gasteiger partial charge in [-0.1, -0.05) is 6.92 Å². The summed E-state index contributed by atoms with van der Waals surface area (Å²) in [6, 6.07) is 3.31. The number of imidazole rings is 1. The molecule has 3 rings (SSSR count). The second-order valence-electron chi connectivity index (χ2n) is 6.15. The summed E-state index contributed by atoms with van der Waals surface area (Å²) in [6.45, 7) is 1.44. The fourth-order valence-corrected chi connectivity index (χ4v) is 3.95. The van der Waals surface area contributed by atoms with Crippen molar-refractivity contribution in [3.63, 3.8) is 0 Å². The number of hydrogen-bond acceptors (Lipinski definition) is 6. The topological polar surface area (TPSA) is 120 Å². The van der Waals surface area contributed by atoms with Gasteiger partial charge < -0.3 is 15.6 Å². The first-order valence-electron chi connectivity index (χ1n) is 8.26. The minimum absolute atomic E-state index is 0.00154. The lowest BCUT2D eigenvalue weighted by Crippen LogP contribution is -2.10. The van der Waals surface area contributed by atoms with Crippen LogP contribution in [0.15, 0.2) is 29.3 Å². The Morgan fingerprint density at radius 1 is 1.28 bits per heavy atom. The number of aromatic nitrogens is 3. The number of hydrogen-bond donors (Lipinski definition) is 2. The number of carbonyl (C=O) groups is 1. The van der Waals surface area contributed by atoms with Gasteiger partial charge in [0.15, 0.2) is 9.84 Å². The zero-order valence-corrected chi connectivity index (χ0v) is 16.1. The number of nitrogens with two attached hydrogens (primary N) is 1. The molecule has 8 nitrogen and oxygen atoms in total. The Hall–Kier alpha value is -3.15. The van der Waals surface area contributed by atoms with E-state index in [0.717, 1.165) is 12.3 Å². The van der Waals surface area contributed by atoms with Crippen molar-refractivity contribution in [1.82, 2.24) is 14.5 Å². The Balaban J connectivity index is 2.32. The van der Waals surface area contributed by atoms with Crippen molar-refractivity contribution >= 4 is 38.7 Å². The van der Waals surface area contributed by atoms with Crippen LogP contribution in [-0.2, 0) is 27.9 Å². The number of nitrogen functional groups attached to an aromatic ring is 1. The van der Waals surface area contributed by atoms with Gasteiger partial charge in [0.05, 0.1) is 39.3 Å². The van der Waals surface area contributed by atoms with Crippen LogP contribution in [0.2, 0.25) is 0 Å². The summed E-state index contributed by atoms with van der Waals surface area (Å²) in [5.41, 5.74) is 5.35. The summed E-state index contributed by atoms with van der Waals surface area (Å²) >= 11 is 0. The van der Waals surface area contributed by atoms with Gasteiger partial charge in [-0.3, -0.25) is 4.79 Å². The standard InChI is InChI=1S/C17H16F3N5O3S/c1-3-29(27,28)14-5-11(23-8-26)10(21)4-9(14)16-24-12-6-15(17(18,19)20)22-7-13(12)25(16)2/h4-8H,3,21H2,1-2H3,(H,23,26). The van der Waals surface area contributed by atoms with Gasteiger partial charge in [0.1, 0.15) is 11.5 Å². The fourth-order valence-electron chi connectivity index (χ4n) is 2.86. The maximum absolute atomic E-state index is 13.0. The average Bonchev–Trinajstić information content (AvgIpc) is 2.98. The highest BCUT2D eigenvalue weighted by atomic mass is 32.2. The first-order chi connectivity index (χ1) is 13.5. The van der Waals surface area contributed by atoms with Gasteiger partial charge in [0.2, 0.25) is 6.41 Å². The molecule has 2 aromatic heterocycles. The molecule has 0 spiro atoms. The minimum atomic E-state index is -4.64. The number of aryl methyl sites for hydroxylation is 1. The number of nitrogens with zero attached hydrogens (tertiary/aromatic N) is 3. The highest BCUT2D eigenvalue weighted by Crippen LogP contribution is 2.36. The molecule has 0 aliphatic heterocycles. The predicted molar refractivity (Wildman–Crippen MR) is 101 cm³/mol. The lowest BCUT2D eigenvalue weighted by Gasteiger charge is -2.14. The van der Waals surface area contributed by atoms with Crippen LogP contribution in [0, 0.1) is 0 Å². The number of sulfone groups is 1. The molecule has 0 aliphatic rings. The van der Waals surface area contributed by atoms with E-state index in [4.69, 9.17) is 5.73 Å². The predicted octanol–water partition coefficient (Wildman–Crippen LogP) is 2.60. The summed E-state index contributed by atoms with van der Waals surface area (Å²) < 4.78 is 65.5. The molecular formula is C17H16F3N5O3S. The SMILES string of the molecule is CCS(=O)(=O)c1cc(NC=O)c(N)cc1-c1nc2cc(C(F)(F)F)ncc2n1C. The fraction of sp³-hybridized carbons (Fsp3) is 0.235. The van der Waals surface area contributed by atoms with E-state index in [1.165, 1.54) is 30.7 Å². The Bertz CT molecular complexity index is 1220. The largest absolute Gasteiger partial charge is 0.433 e. The van der Waals surface area contributed by atoms with E-state index in [-0.39, 0.29) is 44.4 Å². The summed E-state index contributed by atoms with van der Waals surface area (Å²) in [6.07, 6.45) is -3.27. The molecule has 0 fully saturated rings. The smallest absolute Gasteiger partial charge is 0.397 e. The number of alkyl halides is 3. The van der Waals surface area contributed by atoms with E-state index in [1.807, 2.05) is 0 Å². The van der Waals surface area contributed by atoms with Gasteiger partial charge in [-0.25, -0.2) is 18.4 Å². The van der Waals surface area contributed by atoms with Crippen molar-refractivity contribution in [3.05, 3.63) is 30.1 Å². The van der Waals surface area contributed by atoms with Gasteiger partial charge in [-0.2, -0.15) is 13.2 Å². The van der Waals surface area contributed by atoms with Crippen molar-refractivity contribution in [2.24, 2.45) is 7.05 Å². The van der Waals surface area contributed by atoms with Gasteiger partial charge in [0, 0.05) is 12.6 Å². The zero-order valence-electron chi connectivity index (χ0n) is 15.3. The number of carbonyl (C=O) groups excluding carboxylic acids is 1. The van der Waals surface area contributed by atoms with Gasteiger partial charge >= 0.3 is 6.18 Å². The van der Waals surface area contributed by atoms with Crippen molar-refractivity contribution in [3.8, 4) is 11.4 Å². The third-order valence-electron chi connectivity index (χ3n) is 4.38. The Morgan fingerprint density at radius 3 is 2.55 bits per heavy atom. The molecule has 0 atom stereocenters. The molecule has 3 N–H and O–H groups in total. The molecule has 154 valence electrons. The summed E-state index contributed by atoms with van der Waals surface area (Å²) in [4.78, 5) is 18.2. The van der Waals surface area contributed by atoms with Crippen LogP contribution in [0.1, 0.15) is 12.6 Å². The number of amides is 1. The molecule has 0 saturated heterocycles. The Labute approximate surface area is 163 Å². The van der Waals surface area contributed by atoms with E-state index in [0.29, 0.717) is 6.41 Å². The van der Waals surface area contributed by atoms with E-state index in [9.17, 15) is 26.4 Å². The summed E-state index contributed by atoms with van der Waals surface area (Å²) in [5.74, 6) is -0.147. The van der Waals surface area contributed by atoms with E-state index >= 15 is 0 Å². The number of halogens is 3. The van der Waals surface area contributed by atoms with Gasteiger partial charge in [-0.15, -0.1) is 0 Å². The molecule has 3 aromatic rings. The lowest BCUT2D eigenvalue weighted by atomic mass is 10.1. The minimum Gasteiger partial charge on any atom is -0.397 e. The van der Waals surface area contributed by atoms with Crippen molar-refractivity contribution in [1.29, 1.82) is 0 Å². The van der Waals surface area contributed by atoms with Crippen molar-refractivity contribution in [2.45, 2.75) is 18.0 Å². The molecule has 0 bridgehead atoms. The van der Waals surface area contributed by atoms with Crippen LogP contribution in [0.3, 0.4) is 0 Å². The van der Waals surface area contributed by atoms with Crippen molar-refractivity contribution in [2.75, 3.05) is 16.8 Å². The quantitative estimate of drug-likeness (QED) is 0.477. The van der Waals surface area contributed by atoms with E-state index < -0.39 is 21.7 Å². The van der Waals surface area contributed by atoms with Crippen LogP contribution >= 0.6 is 0 Å². The number of pyridine rings is 1. The number of fused-ring (bicyclic) bond motifs is 1. The van der Waals surface area contributed by atoms with E-state index in [2.05, 4.69) is 15.3 Å². The highest BCUT2D eigenvalue weighted by Gasteiger charge is 2.33. The molecular weight excluding hydrogens is 411 g/mol. The van der Waals surface area contributed by atoms with E-state index in [1.54, 1.807) is 0 Å². The Morgan fingerprint density at radius 2 is 1.97 bits per heavy atom. The summed E-state index contributed by atoms with van der Waals surface area (Å²) in [7, 11) is -2.26.